The van der Waals surface area contributed by atoms with E-state index in [1.54, 1.807) is 0 Å². The largest absolute Gasteiger partial charge is 0.393 e. The van der Waals surface area contributed by atoms with Gasteiger partial charge in [0.15, 0.2) is 0 Å². The Bertz CT molecular complexity index is 115. The Morgan fingerprint density at radius 1 is 1.50 bits per heavy atom. The van der Waals surface area contributed by atoms with Crippen LogP contribution in [0.5, 0.6) is 0 Å². The number of aliphatic hydroxyl groups is 3. The van der Waals surface area contributed by atoms with Crippen LogP contribution in [0, 0.1) is 0 Å². The molecular formula is C7H14O3. The van der Waals surface area contributed by atoms with E-state index in [2.05, 4.69) is 0 Å². The minimum atomic E-state index is -1.00. The van der Waals surface area contributed by atoms with Gasteiger partial charge in [0.2, 0.25) is 0 Å². The molecule has 0 aliphatic heterocycles. The molecule has 10 heavy (non-hydrogen) atoms. The number of aliphatic hydroxyl groups excluding tert-OH is 2. The molecule has 0 aromatic rings. The maximum atomic E-state index is 9.44. The molecule has 60 valence electrons. The van der Waals surface area contributed by atoms with Gasteiger partial charge in [0.25, 0.3) is 0 Å². The van der Waals surface area contributed by atoms with Crippen LogP contribution >= 0.6 is 0 Å². The molecule has 3 nitrogen and oxygen atoms in total. The van der Waals surface area contributed by atoms with Crippen molar-refractivity contribution in [2.75, 3.05) is 6.61 Å². The fourth-order valence-electron chi connectivity index (χ4n) is 1.45. The molecule has 0 spiro atoms. The molecule has 1 saturated carbocycles. The zero-order valence-electron chi connectivity index (χ0n) is 5.95. The van der Waals surface area contributed by atoms with Crippen LogP contribution in [0.15, 0.2) is 0 Å². The fourth-order valence-corrected chi connectivity index (χ4v) is 1.45. The second kappa shape index (κ2) is 2.86. The quantitative estimate of drug-likeness (QED) is 0.473. The summed E-state index contributed by atoms with van der Waals surface area (Å²) in [4.78, 5) is 0. The van der Waals surface area contributed by atoms with E-state index in [0.29, 0.717) is 12.8 Å². The van der Waals surface area contributed by atoms with Crippen molar-refractivity contribution in [2.45, 2.75) is 37.4 Å². The number of hydrogen-bond acceptors (Lipinski definition) is 3. The summed E-state index contributed by atoms with van der Waals surface area (Å²) in [6.45, 7) is -0.232. The lowest BCUT2D eigenvalue weighted by molar-refractivity contribution is -0.0771. The third kappa shape index (κ3) is 1.68. The molecule has 0 radical (unpaired) electrons. The molecule has 1 unspecified atom stereocenters. The first kappa shape index (κ1) is 7.98. The molecule has 3 heteroatoms. The van der Waals surface area contributed by atoms with Crippen LogP contribution in [0.1, 0.15) is 25.7 Å². The first-order valence-electron chi connectivity index (χ1n) is 3.68. The van der Waals surface area contributed by atoms with Crippen molar-refractivity contribution in [3.63, 3.8) is 0 Å². The Hall–Kier alpha value is -0.120. The highest BCUT2D eigenvalue weighted by Crippen LogP contribution is 2.27. The van der Waals surface area contributed by atoms with Crippen molar-refractivity contribution in [2.24, 2.45) is 0 Å². The van der Waals surface area contributed by atoms with Crippen molar-refractivity contribution in [3.8, 4) is 0 Å². The van der Waals surface area contributed by atoms with E-state index < -0.39 is 11.7 Å². The van der Waals surface area contributed by atoms with Gasteiger partial charge < -0.3 is 15.3 Å². The highest BCUT2D eigenvalue weighted by atomic mass is 16.3. The minimum Gasteiger partial charge on any atom is -0.393 e. The normalized spacial score (nSPS) is 41.7. The van der Waals surface area contributed by atoms with E-state index in [1.165, 1.54) is 0 Å². The van der Waals surface area contributed by atoms with E-state index >= 15 is 0 Å². The molecule has 1 rings (SSSR count). The standard InChI is InChI=1S/C7H14O3/c8-5-7(10)3-1-2-6(9)4-7/h6,8-10H,1-5H2/t6?,7-/m1/s1. The summed E-state index contributed by atoms with van der Waals surface area (Å²) in [5.41, 5.74) is -1.00. The first-order chi connectivity index (χ1) is 4.66. The zero-order chi connectivity index (χ0) is 7.61. The molecule has 0 bridgehead atoms. The third-order valence-electron chi connectivity index (χ3n) is 2.09. The van der Waals surface area contributed by atoms with Gasteiger partial charge in [0.1, 0.15) is 0 Å². The predicted molar refractivity (Wildman–Crippen MR) is 36.5 cm³/mol. The summed E-state index contributed by atoms with van der Waals surface area (Å²) in [7, 11) is 0. The van der Waals surface area contributed by atoms with E-state index in [9.17, 15) is 5.11 Å². The molecule has 1 aliphatic rings. The monoisotopic (exact) mass is 146 g/mol. The van der Waals surface area contributed by atoms with Gasteiger partial charge in [-0.1, -0.05) is 0 Å². The zero-order valence-corrected chi connectivity index (χ0v) is 5.95. The Morgan fingerprint density at radius 3 is 2.60 bits per heavy atom. The molecule has 0 heterocycles. The van der Waals surface area contributed by atoms with Crippen LogP contribution in [0.2, 0.25) is 0 Å². The summed E-state index contributed by atoms with van der Waals surface area (Å²) in [6.07, 6.45) is 2.07. The molecular weight excluding hydrogens is 132 g/mol. The SMILES string of the molecule is OC[C@@]1(O)CCCC(O)C1. The van der Waals surface area contributed by atoms with Gasteiger partial charge in [-0.3, -0.25) is 0 Å². The van der Waals surface area contributed by atoms with E-state index in [-0.39, 0.29) is 6.61 Å². The predicted octanol–water partition coefficient (Wildman–Crippen LogP) is -0.355. The summed E-state index contributed by atoms with van der Waals surface area (Å²) in [6, 6.07) is 0. The summed E-state index contributed by atoms with van der Waals surface area (Å²) >= 11 is 0. The molecule has 1 fully saturated rings. The summed E-state index contributed by atoms with van der Waals surface area (Å²) in [5.74, 6) is 0. The topological polar surface area (TPSA) is 60.7 Å². The average molecular weight is 146 g/mol. The lowest BCUT2D eigenvalue weighted by Crippen LogP contribution is -2.40. The van der Waals surface area contributed by atoms with Gasteiger partial charge in [0, 0.05) is 6.42 Å². The Morgan fingerprint density at radius 2 is 2.20 bits per heavy atom. The third-order valence-corrected chi connectivity index (χ3v) is 2.09. The molecule has 1 aliphatic carbocycles. The minimum absolute atomic E-state index is 0.232. The van der Waals surface area contributed by atoms with Gasteiger partial charge in [-0.25, -0.2) is 0 Å². The fraction of sp³-hybridized carbons (Fsp3) is 1.00. The van der Waals surface area contributed by atoms with E-state index in [4.69, 9.17) is 10.2 Å². The van der Waals surface area contributed by atoms with Gasteiger partial charge in [-0.05, 0) is 19.3 Å². The van der Waals surface area contributed by atoms with Crippen molar-refractivity contribution in [3.05, 3.63) is 0 Å². The van der Waals surface area contributed by atoms with Crippen LogP contribution in [0.4, 0.5) is 0 Å². The Balaban J connectivity index is 2.45. The van der Waals surface area contributed by atoms with E-state index in [0.717, 1.165) is 12.8 Å². The molecule has 0 saturated heterocycles. The lowest BCUT2D eigenvalue weighted by atomic mass is 9.84. The van der Waals surface area contributed by atoms with Gasteiger partial charge >= 0.3 is 0 Å². The van der Waals surface area contributed by atoms with Crippen LogP contribution in [0.3, 0.4) is 0 Å². The van der Waals surface area contributed by atoms with Crippen molar-refractivity contribution in [1.82, 2.24) is 0 Å². The second-order valence-electron chi connectivity index (χ2n) is 3.13. The maximum absolute atomic E-state index is 9.44. The molecule has 2 atom stereocenters. The van der Waals surface area contributed by atoms with Crippen molar-refractivity contribution >= 4 is 0 Å². The van der Waals surface area contributed by atoms with Gasteiger partial charge in [-0.2, -0.15) is 0 Å². The highest BCUT2D eigenvalue weighted by molar-refractivity contribution is 4.85. The summed E-state index contributed by atoms with van der Waals surface area (Å²) in [5, 5.41) is 27.3. The summed E-state index contributed by atoms with van der Waals surface area (Å²) < 4.78 is 0. The average Bonchev–Trinajstić information content (AvgIpc) is 1.88. The maximum Gasteiger partial charge on any atom is 0.0902 e. The van der Waals surface area contributed by atoms with Crippen LogP contribution < -0.4 is 0 Å². The van der Waals surface area contributed by atoms with Gasteiger partial charge in [0.05, 0.1) is 18.3 Å². The van der Waals surface area contributed by atoms with Crippen LogP contribution in [0.25, 0.3) is 0 Å². The van der Waals surface area contributed by atoms with Gasteiger partial charge in [-0.15, -0.1) is 0 Å². The van der Waals surface area contributed by atoms with E-state index in [1.807, 2.05) is 0 Å². The number of rotatable bonds is 1. The molecule has 0 aromatic carbocycles. The van der Waals surface area contributed by atoms with Crippen molar-refractivity contribution < 1.29 is 15.3 Å². The smallest absolute Gasteiger partial charge is 0.0902 e. The molecule has 0 amide bonds. The Labute approximate surface area is 60.3 Å². The second-order valence-corrected chi connectivity index (χ2v) is 3.13. The first-order valence-corrected chi connectivity index (χ1v) is 3.68. The van der Waals surface area contributed by atoms with Crippen LogP contribution in [-0.4, -0.2) is 33.6 Å². The molecule has 0 aromatic heterocycles. The molecule has 3 N–H and O–H groups in total. The van der Waals surface area contributed by atoms with Crippen LogP contribution in [-0.2, 0) is 0 Å². The Kier molecular flexibility index (Phi) is 2.28. The lowest BCUT2D eigenvalue weighted by Gasteiger charge is -2.32. The highest BCUT2D eigenvalue weighted by Gasteiger charge is 2.32. The van der Waals surface area contributed by atoms with Crippen molar-refractivity contribution in [1.29, 1.82) is 0 Å². The number of hydrogen-bond donors (Lipinski definition) is 3.